The first-order valence-electron chi connectivity index (χ1n) is 7.46. The van der Waals surface area contributed by atoms with Crippen molar-refractivity contribution in [2.45, 2.75) is 31.7 Å². The minimum Gasteiger partial charge on any atom is -0.313 e. The van der Waals surface area contributed by atoms with E-state index in [-0.39, 0.29) is 5.82 Å². The number of hydrogen-bond acceptors (Lipinski definition) is 1. The Balaban J connectivity index is 1.52. The van der Waals surface area contributed by atoms with Crippen LogP contribution in [0.25, 0.3) is 0 Å². The summed E-state index contributed by atoms with van der Waals surface area (Å²) in [5, 5.41) is 3.61. The van der Waals surface area contributed by atoms with E-state index in [1.165, 1.54) is 28.1 Å². The van der Waals surface area contributed by atoms with Gasteiger partial charge in [-0.05, 0) is 73.2 Å². The molecule has 3 rings (SSSR count). The normalized spacial score (nSPS) is 17.5. The number of hydrogen-bond donors (Lipinski definition) is 1. The van der Waals surface area contributed by atoms with Crippen molar-refractivity contribution in [2.75, 3.05) is 6.54 Å². The fraction of sp³-hybridized carbons (Fsp3) is 0.333. The fourth-order valence-electron chi connectivity index (χ4n) is 3.01. The smallest absolute Gasteiger partial charge is 0.123 e. The van der Waals surface area contributed by atoms with E-state index in [0.717, 1.165) is 31.4 Å². The molecule has 0 amide bonds. The van der Waals surface area contributed by atoms with E-state index >= 15 is 0 Å². The molecule has 0 bridgehead atoms. The van der Waals surface area contributed by atoms with Crippen molar-refractivity contribution in [3.63, 3.8) is 0 Å². The number of halogens is 2. The third-order valence-electron chi connectivity index (χ3n) is 4.13. The maximum Gasteiger partial charge on any atom is 0.123 e. The summed E-state index contributed by atoms with van der Waals surface area (Å²) < 4.78 is 14.3. The van der Waals surface area contributed by atoms with Crippen LogP contribution in [0.1, 0.15) is 23.1 Å². The molecule has 0 heterocycles. The lowest BCUT2D eigenvalue weighted by Gasteiger charge is -2.26. The SMILES string of the molecule is Fc1cccc(CCNC2CCc3cc(Br)ccc3C2)c1. The van der Waals surface area contributed by atoms with Gasteiger partial charge < -0.3 is 5.32 Å². The molecule has 0 fully saturated rings. The zero-order valence-corrected chi connectivity index (χ0v) is 13.5. The molecule has 0 spiro atoms. The molecule has 2 aromatic rings. The first-order valence-corrected chi connectivity index (χ1v) is 8.25. The Labute approximate surface area is 133 Å². The lowest BCUT2D eigenvalue weighted by atomic mass is 9.88. The summed E-state index contributed by atoms with van der Waals surface area (Å²) in [7, 11) is 0. The van der Waals surface area contributed by atoms with Crippen LogP contribution < -0.4 is 5.32 Å². The summed E-state index contributed by atoms with van der Waals surface area (Å²) in [6.07, 6.45) is 4.27. The van der Waals surface area contributed by atoms with Gasteiger partial charge in [-0.15, -0.1) is 0 Å². The number of aryl methyl sites for hydroxylation is 1. The molecule has 1 aliphatic carbocycles. The highest BCUT2D eigenvalue weighted by atomic mass is 79.9. The standard InChI is InChI=1S/C18H19BrFN/c19-16-6-4-15-12-18(7-5-14(15)11-16)21-9-8-13-2-1-3-17(20)10-13/h1-4,6,10-11,18,21H,5,7-9,12H2. The molecule has 1 atom stereocenters. The topological polar surface area (TPSA) is 12.0 Å². The second-order valence-electron chi connectivity index (χ2n) is 5.69. The molecule has 1 aliphatic rings. The van der Waals surface area contributed by atoms with Gasteiger partial charge in [0.25, 0.3) is 0 Å². The molecular formula is C18H19BrFN. The predicted molar refractivity (Wildman–Crippen MR) is 88.1 cm³/mol. The van der Waals surface area contributed by atoms with Crippen molar-refractivity contribution in [3.05, 3.63) is 69.4 Å². The van der Waals surface area contributed by atoms with Crippen LogP contribution in [0.15, 0.2) is 46.9 Å². The van der Waals surface area contributed by atoms with Gasteiger partial charge in [-0.25, -0.2) is 4.39 Å². The molecule has 0 aliphatic heterocycles. The van der Waals surface area contributed by atoms with E-state index in [9.17, 15) is 4.39 Å². The molecule has 0 radical (unpaired) electrons. The van der Waals surface area contributed by atoms with Gasteiger partial charge in [0.15, 0.2) is 0 Å². The minimum atomic E-state index is -0.148. The van der Waals surface area contributed by atoms with Crippen molar-refractivity contribution in [3.8, 4) is 0 Å². The molecular weight excluding hydrogens is 329 g/mol. The van der Waals surface area contributed by atoms with E-state index < -0.39 is 0 Å². The zero-order valence-electron chi connectivity index (χ0n) is 11.9. The van der Waals surface area contributed by atoms with Gasteiger partial charge in [-0.2, -0.15) is 0 Å². The van der Waals surface area contributed by atoms with Gasteiger partial charge in [0.2, 0.25) is 0 Å². The monoisotopic (exact) mass is 347 g/mol. The average Bonchev–Trinajstić information content (AvgIpc) is 2.47. The highest BCUT2D eigenvalue weighted by molar-refractivity contribution is 9.10. The summed E-state index contributed by atoms with van der Waals surface area (Å²) in [6, 6.07) is 14.0. The van der Waals surface area contributed by atoms with Crippen molar-refractivity contribution in [2.24, 2.45) is 0 Å². The van der Waals surface area contributed by atoms with Gasteiger partial charge in [0, 0.05) is 10.5 Å². The van der Waals surface area contributed by atoms with Crippen molar-refractivity contribution >= 4 is 15.9 Å². The van der Waals surface area contributed by atoms with Gasteiger partial charge in [-0.3, -0.25) is 0 Å². The molecule has 1 unspecified atom stereocenters. The quantitative estimate of drug-likeness (QED) is 0.870. The number of nitrogens with one attached hydrogen (secondary N) is 1. The maximum atomic E-state index is 13.1. The van der Waals surface area contributed by atoms with E-state index in [2.05, 4.69) is 39.4 Å². The first kappa shape index (κ1) is 14.7. The second kappa shape index (κ2) is 6.71. The number of fused-ring (bicyclic) bond motifs is 1. The van der Waals surface area contributed by atoms with Crippen molar-refractivity contribution in [1.29, 1.82) is 0 Å². The van der Waals surface area contributed by atoms with Crippen LogP contribution >= 0.6 is 15.9 Å². The lowest BCUT2D eigenvalue weighted by molar-refractivity contribution is 0.461. The van der Waals surface area contributed by atoms with Crippen LogP contribution in [-0.4, -0.2) is 12.6 Å². The second-order valence-corrected chi connectivity index (χ2v) is 6.60. The molecule has 0 saturated carbocycles. The Kier molecular flexibility index (Phi) is 4.71. The molecule has 1 nitrogen and oxygen atoms in total. The van der Waals surface area contributed by atoms with Gasteiger partial charge in [0.1, 0.15) is 5.82 Å². The molecule has 1 N–H and O–H groups in total. The first-order chi connectivity index (χ1) is 10.2. The van der Waals surface area contributed by atoms with E-state index in [4.69, 9.17) is 0 Å². The maximum absolute atomic E-state index is 13.1. The summed E-state index contributed by atoms with van der Waals surface area (Å²) in [4.78, 5) is 0. The summed E-state index contributed by atoms with van der Waals surface area (Å²) in [5.74, 6) is -0.148. The van der Waals surface area contributed by atoms with Crippen molar-refractivity contribution < 1.29 is 4.39 Å². The van der Waals surface area contributed by atoms with Crippen LogP contribution in [0.3, 0.4) is 0 Å². The Morgan fingerprint density at radius 1 is 1.14 bits per heavy atom. The summed E-state index contributed by atoms with van der Waals surface area (Å²) in [6.45, 7) is 0.903. The van der Waals surface area contributed by atoms with E-state index in [1.807, 2.05) is 6.07 Å². The van der Waals surface area contributed by atoms with Crippen molar-refractivity contribution in [1.82, 2.24) is 5.32 Å². The third-order valence-corrected chi connectivity index (χ3v) is 4.63. The minimum absolute atomic E-state index is 0.148. The van der Waals surface area contributed by atoms with E-state index in [1.54, 1.807) is 12.1 Å². The van der Waals surface area contributed by atoms with Gasteiger partial charge in [-0.1, -0.05) is 34.1 Å². The summed E-state index contributed by atoms with van der Waals surface area (Å²) >= 11 is 3.53. The van der Waals surface area contributed by atoms with E-state index in [0.29, 0.717) is 6.04 Å². The largest absolute Gasteiger partial charge is 0.313 e. The number of rotatable bonds is 4. The lowest BCUT2D eigenvalue weighted by Crippen LogP contribution is -2.35. The van der Waals surface area contributed by atoms with Gasteiger partial charge >= 0.3 is 0 Å². The Hall–Kier alpha value is -1.19. The summed E-state index contributed by atoms with van der Waals surface area (Å²) in [5.41, 5.74) is 3.97. The van der Waals surface area contributed by atoms with Gasteiger partial charge in [0.05, 0.1) is 0 Å². The molecule has 21 heavy (non-hydrogen) atoms. The highest BCUT2D eigenvalue weighted by Crippen LogP contribution is 2.24. The van der Waals surface area contributed by atoms with Crippen LogP contribution in [0.5, 0.6) is 0 Å². The molecule has 0 saturated heterocycles. The zero-order chi connectivity index (χ0) is 14.7. The Morgan fingerprint density at radius 2 is 2.05 bits per heavy atom. The van der Waals surface area contributed by atoms with Crippen LogP contribution in [0, 0.1) is 5.82 Å². The van der Waals surface area contributed by atoms with Crippen LogP contribution in [0.4, 0.5) is 4.39 Å². The highest BCUT2D eigenvalue weighted by Gasteiger charge is 2.17. The number of benzene rings is 2. The Morgan fingerprint density at radius 3 is 2.90 bits per heavy atom. The Bertz CT molecular complexity index is 626. The molecule has 3 heteroatoms. The third kappa shape index (κ3) is 3.92. The molecule has 0 aromatic heterocycles. The fourth-order valence-corrected chi connectivity index (χ4v) is 3.42. The molecule has 110 valence electrons. The van der Waals surface area contributed by atoms with Crippen LogP contribution in [-0.2, 0) is 19.3 Å². The predicted octanol–water partition coefficient (Wildman–Crippen LogP) is 4.28. The average molecular weight is 348 g/mol. The molecule has 2 aromatic carbocycles. The van der Waals surface area contributed by atoms with Crippen LogP contribution in [0.2, 0.25) is 0 Å².